The minimum absolute atomic E-state index is 0.0406. The number of anilines is 1. The van der Waals surface area contributed by atoms with Gasteiger partial charge in [0.2, 0.25) is 15.9 Å². The second kappa shape index (κ2) is 8.89. The van der Waals surface area contributed by atoms with E-state index in [1.807, 2.05) is 6.92 Å². The molecular weight excluding hydrogens is 395 g/mol. The Morgan fingerprint density at radius 2 is 1.66 bits per heavy atom. The van der Waals surface area contributed by atoms with E-state index >= 15 is 0 Å². The van der Waals surface area contributed by atoms with Gasteiger partial charge in [0.1, 0.15) is 5.82 Å². The van der Waals surface area contributed by atoms with Crippen LogP contribution in [0, 0.1) is 5.82 Å². The van der Waals surface area contributed by atoms with Crippen molar-refractivity contribution in [1.29, 1.82) is 0 Å². The molecule has 0 radical (unpaired) electrons. The highest BCUT2D eigenvalue weighted by atomic mass is 32.2. The lowest BCUT2D eigenvalue weighted by Gasteiger charge is -2.35. The smallest absolute Gasteiger partial charge is 0.238 e. The fourth-order valence-corrected chi connectivity index (χ4v) is 3.85. The van der Waals surface area contributed by atoms with E-state index in [0.717, 1.165) is 37.4 Å². The summed E-state index contributed by atoms with van der Waals surface area (Å²) < 4.78 is 35.7. The number of rotatable bonds is 6. The van der Waals surface area contributed by atoms with E-state index in [2.05, 4.69) is 15.1 Å². The normalized spacial score (nSPS) is 16.4. The largest absolute Gasteiger partial charge is 0.369 e. The van der Waals surface area contributed by atoms with Crippen LogP contribution in [0.25, 0.3) is 0 Å². The Kier molecular flexibility index (Phi) is 6.51. The highest BCUT2D eigenvalue weighted by Crippen LogP contribution is 2.18. The van der Waals surface area contributed by atoms with Crippen LogP contribution in [0.3, 0.4) is 0 Å². The Labute approximate surface area is 170 Å². The van der Waals surface area contributed by atoms with Crippen molar-refractivity contribution in [1.82, 2.24) is 10.2 Å². The molecule has 1 fully saturated rings. The number of amides is 1. The van der Waals surface area contributed by atoms with Crippen LogP contribution in [0.4, 0.5) is 10.1 Å². The van der Waals surface area contributed by atoms with Crippen LogP contribution in [-0.4, -0.2) is 51.9 Å². The monoisotopic (exact) mass is 420 g/mol. The van der Waals surface area contributed by atoms with Crippen LogP contribution in [0.15, 0.2) is 53.4 Å². The van der Waals surface area contributed by atoms with E-state index in [0.29, 0.717) is 0 Å². The summed E-state index contributed by atoms with van der Waals surface area (Å²) in [6, 6.07) is 12.3. The van der Waals surface area contributed by atoms with Gasteiger partial charge in [0.25, 0.3) is 0 Å². The third-order valence-electron chi connectivity index (χ3n) is 5.02. The van der Waals surface area contributed by atoms with Crippen molar-refractivity contribution < 1.29 is 17.6 Å². The second-order valence-electron chi connectivity index (χ2n) is 7.14. The molecule has 7 nitrogen and oxygen atoms in total. The van der Waals surface area contributed by atoms with Crippen LogP contribution >= 0.6 is 0 Å². The van der Waals surface area contributed by atoms with E-state index in [-0.39, 0.29) is 29.2 Å². The van der Waals surface area contributed by atoms with Crippen molar-refractivity contribution in [2.24, 2.45) is 5.14 Å². The molecule has 1 saturated heterocycles. The summed E-state index contributed by atoms with van der Waals surface area (Å²) in [5, 5.41) is 8.03. The lowest BCUT2D eigenvalue weighted by atomic mass is 10.1. The van der Waals surface area contributed by atoms with Crippen LogP contribution in [0.5, 0.6) is 0 Å². The molecule has 2 aromatic rings. The molecule has 0 saturated carbocycles. The Hall–Kier alpha value is -2.49. The average molecular weight is 421 g/mol. The van der Waals surface area contributed by atoms with Gasteiger partial charge in [-0.05, 0) is 48.9 Å². The molecule has 2 aromatic carbocycles. The molecule has 3 rings (SSSR count). The first-order valence-corrected chi connectivity index (χ1v) is 10.9. The summed E-state index contributed by atoms with van der Waals surface area (Å²) in [4.78, 5) is 16.7. The minimum Gasteiger partial charge on any atom is -0.369 e. The molecule has 1 heterocycles. The van der Waals surface area contributed by atoms with E-state index in [4.69, 9.17) is 5.14 Å². The Bertz CT molecular complexity index is 941. The Morgan fingerprint density at radius 3 is 2.21 bits per heavy atom. The Morgan fingerprint density at radius 1 is 1.07 bits per heavy atom. The molecule has 1 amide bonds. The van der Waals surface area contributed by atoms with Gasteiger partial charge in [-0.2, -0.15) is 0 Å². The number of carbonyl (C=O) groups is 1. The number of halogens is 1. The van der Waals surface area contributed by atoms with Gasteiger partial charge in [-0.25, -0.2) is 17.9 Å². The van der Waals surface area contributed by atoms with Gasteiger partial charge < -0.3 is 10.2 Å². The van der Waals surface area contributed by atoms with Crippen molar-refractivity contribution in [3.63, 3.8) is 0 Å². The molecule has 0 unspecified atom stereocenters. The van der Waals surface area contributed by atoms with Crippen molar-refractivity contribution in [3.8, 4) is 0 Å². The highest BCUT2D eigenvalue weighted by Gasteiger charge is 2.20. The molecule has 1 aliphatic heterocycles. The van der Waals surface area contributed by atoms with Gasteiger partial charge in [-0.3, -0.25) is 9.69 Å². The predicted octanol–water partition coefficient (Wildman–Crippen LogP) is 1.47. The van der Waals surface area contributed by atoms with Crippen molar-refractivity contribution in [2.75, 3.05) is 37.6 Å². The van der Waals surface area contributed by atoms with Gasteiger partial charge in [0.05, 0.1) is 17.5 Å². The molecule has 0 aromatic heterocycles. The summed E-state index contributed by atoms with van der Waals surface area (Å²) in [7, 11) is -3.73. The molecule has 0 spiro atoms. The number of piperazine rings is 1. The number of sulfonamides is 1. The summed E-state index contributed by atoms with van der Waals surface area (Å²) in [6.07, 6.45) is 0. The molecule has 0 aliphatic carbocycles. The minimum atomic E-state index is -3.73. The third kappa shape index (κ3) is 5.75. The number of primary sulfonamides is 1. The van der Waals surface area contributed by atoms with Gasteiger partial charge in [0, 0.05) is 31.9 Å². The number of nitrogens with two attached hydrogens (primary N) is 1. The second-order valence-corrected chi connectivity index (χ2v) is 8.70. The maximum absolute atomic E-state index is 13.1. The fourth-order valence-electron chi connectivity index (χ4n) is 3.34. The standard InChI is InChI=1S/C20H25FN4O3S/c1-15(16-2-8-19(9-3-16)29(22,27)28)23-20(26)14-24-10-12-25(13-11-24)18-6-4-17(21)5-7-18/h2-9,15H,10-14H2,1H3,(H,23,26)(H2,22,27,28)/t15-/m0/s1. The predicted molar refractivity (Wildman–Crippen MR) is 109 cm³/mol. The molecule has 29 heavy (non-hydrogen) atoms. The number of nitrogens with one attached hydrogen (secondary N) is 1. The quantitative estimate of drug-likeness (QED) is 0.738. The number of nitrogens with zero attached hydrogens (tertiary/aromatic N) is 2. The number of carbonyl (C=O) groups excluding carboxylic acids is 1. The van der Waals surface area contributed by atoms with Crippen LogP contribution in [0.2, 0.25) is 0 Å². The van der Waals surface area contributed by atoms with Crippen LogP contribution in [0.1, 0.15) is 18.5 Å². The van der Waals surface area contributed by atoms with Gasteiger partial charge in [-0.1, -0.05) is 12.1 Å². The van der Waals surface area contributed by atoms with Gasteiger partial charge in [-0.15, -0.1) is 0 Å². The SMILES string of the molecule is C[C@H](NC(=O)CN1CCN(c2ccc(F)cc2)CC1)c1ccc(S(N)(=O)=O)cc1. The summed E-state index contributed by atoms with van der Waals surface area (Å²) in [5.74, 6) is -0.347. The molecule has 156 valence electrons. The van der Waals surface area contributed by atoms with Crippen LogP contribution in [-0.2, 0) is 14.8 Å². The topological polar surface area (TPSA) is 95.7 Å². The van der Waals surface area contributed by atoms with Crippen LogP contribution < -0.4 is 15.4 Å². The number of hydrogen-bond donors (Lipinski definition) is 2. The number of hydrogen-bond acceptors (Lipinski definition) is 5. The zero-order chi connectivity index (χ0) is 21.0. The molecule has 0 bridgehead atoms. The molecule has 9 heteroatoms. The third-order valence-corrected chi connectivity index (χ3v) is 5.95. The van der Waals surface area contributed by atoms with E-state index in [9.17, 15) is 17.6 Å². The Balaban J connectivity index is 1.48. The van der Waals surface area contributed by atoms with Gasteiger partial charge in [0.15, 0.2) is 0 Å². The lowest BCUT2D eigenvalue weighted by molar-refractivity contribution is -0.123. The summed E-state index contributed by atoms with van der Waals surface area (Å²) in [5.41, 5.74) is 1.78. The number of benzene rings is 2. The first-order chi connectivity index (χ1) is 13.7. The fraction of sp³-hybridized carbons (Fsp3) is 0.350. The first kappa shape index (κ1) is 21.2. The maximum atomic E-state index is 13.1. The zero-order valence-electron chi connectivity index (χ0n) is 16.2. The average Bonchev–Trinajstić information content (AvgIpc) is 2.68. The zero-order valence-corrected chi connectivity index (χ0v) is 17.0. The van der Waals surface area contributed by atoms with Crippen molar-refractivity contribution in [3.05, 3.63) is 59.9 Å². The molecular formula is C20H25FN4O3S. The molecule has 1 aliphatic rings. The summed E-state index contributed by atoms with van der Waals surface area (Å²) in [6.45, 7) is 5.14. The highest BCUT2D eigenvalue weighted by molar-refractivity contribution is 7.89. The van der Waals surface area contributed by atoms with E-state index in [1.165, 1.54) is 24.3 Å². The van der Waals surface area contributed by atoms with Crippen molar-refractivity contribution in [2.45, 2.75) is 17.9 Å². The van der Waals surface area contributed by atoms with Crippen molar-refractivity contribution >= 4 is 21.6 Å². The molecule has 1 atom stereocenters. The molecule has 3 N–H and O–H groups in total. The maximum Gasteiger partial charge on any atom is 0.238 e. The van der Waals surface area contributed by atoms with E-state index in [1.54, 1.807) is 24.3 Å². The summed E-state index contributed by atoms with van der Waals surface area (Å²) >= 11 is 0. The first-order valence-electron chi connectivity index (χ1n) is 9.37. The van der Waals surface area contributed by atoms with E-state index < -0.39 is 10.0 Å². The van der Waals surface area contributed by atoms with Gasteiger partial charge >= 0.3 is 0 Å². The lowest BCUT2D eigenvalue weighted by Crippen LogP contribution is -2.49.